The topological polar surface area (TPSA) is 85.5 Å². The average Bonchev–Trinajstić information content (AvgIpc) is 3.73. The summed E-state index contributed by atoms with van der Waals surface area (Å²) in [5.41, 5.74) is 6.84. The van der Waals surface area contributed by atoms with E-state index in [1.165, 1.54) is 31.5 Å². The second-order valence-corrected chi connectivity index (χ2v) is 10.7. The molecule has 0 radical (unpaired) electrons. The monoisotopic (exact) mass is 537 g/mol. The Morgan fingerprint density at radius 3 is 2.85 bits per heavy atom. The van der Waals surface area contributed by atoms with Crippen molar-refractivity contribution < 1.29 is 4.39 Å². The number of imidazole rings is 1. The lowest BCUT2D eigenvalue weighted by atomic mass is 10.0. The number of likely N-dealkylation sites (tertiary alicyclic amines) is 1. The van der Waals surface area contributed by atoms with Gasteiger partial charge in [0, 0.05) is 23.5 Å². The van der Waals surface area contributed by atoms with Crippen LogP contribution in [-0.4, -0.2) is 62.8 Å². The third-order valence-electron chi connectivity index (χ3n) is 7.91. The molecule has 4 aromatic rings. The molecule has 0 amide bonds. The fraction of sp³-hybridized carbons (Fsp3) is 0.344. The molecular weight excluding hydrogens is 501 g/mol. The Morgan fingerprint density at radius 1 is 1.18 bits per heavy atom. The minimum absolute atomic E-state index is 0.249. The molecule has 3 aromatic heterocycles. The predicted octanol–water partition coefficient (Wildman–Crippen LogP) is 4.24. The fourth-order valence-corrected chi connectivity index (χ4v) is 5.80. The number of nitrogens with zero attached hydrogens (tertiary/aromatic N) is 4. The van der Waals surface area contributed by atoms with Crippen LogP contribution in [0.25, 0.3) is 46.0 Å². The normalized spacial score (nSPS) is 17.2. The van der Waals surface area contributed by atoms with E-state index in [0.29, 0.717) is 22.7 Å². The number of rotatable bonds is 8. The van der Waals surface area contributed by atoms with Crippen molar-refractivity contribution in [1.29, 1.82) is 0 Å². The van der Waals surface area contributed by atoms with Crippen LogP contribution >= 0.6 is 0 Å². The van der Waals surface area contributed by atoms with E-state index < -0.39 is 0 Å². The van der Waals surface area contributed by atoms with Crippen molar-refractivity contribution in [2.75, 3.05) is 32.7 Å². The molecule has 7 nitrogen and oxygen atoms in total. The highest BCUT2D eigenvalue weighted by atomic mass is 19.1. The Kier molecular flexibility index (Phi) is 7.71. The zero-order valence-electron chi connectivity index (χ0n) is 23.1. The number of aryl methyl sites for hydroxylation is 1. The number of halogens is 1. The second kappa shape index (κ2) is 11.7. The lowest BCUT2D eigenvalue weighted by Crippen LogP contribution is -2.25. The number of hydrogen-bond acceptors (Lipinski definition) is 5. The van der Waals surface area contributed by atoms with Crippen LogP contribution in [0, 0.1) is 5.82 Å². The molecule has 0 aliphatic carbocycles. The summed E-state index contributed by atoms with van der Waals surface area (Å²) in [6.45, 7) is 11.5. The summed E-state index contributed by atoms with van der Waals surface area (Å²) >= 11 is 0. The van der Waals surface area contributed by atoms with Crippen molar-refractivity contribution in [1.82, 2.24) is 35.4 Å². The third-order valence-corrected chi connectivity index (χ3v) is 7.91. The van der Waals surface area contributed by atoms with E-state index in [9.17, 15) is 4.39 Å². The Hall–Kier alpha value is -3.88. The molecule has 0 atom stereocenters. The highest BCUT2D eigenvalue weighted by molar-refractivity contribution is 5.91. The average molecular weight is 538 g/mol. The van der Waals surface area contributed by atoms with Gasteiger partial charge in [0.15, 0.2) is 5.82 Å². The van der Waals surface area contributed by atoms with E-state index in [1.54, 1.807) is 18.3 Å². The van der Waals surface area contributed by atoms with Gasteiger partial charge < -0.3 is 15.2 Å². The highest BCUT2D eigenvalue weighted by Crippen LogP contribution is 2.28. The standard InChI is InChI=1S/C32H36FN7/c1-3-27-26(17-21(2)23-8-11-34-12-9-23)30(39-38-27)32-36-28-10-13-35-29(31(28)37-32)24-18-22(19-25(33)20-24)7-6-16-40-14-4-5-15-40/h3,8,10,13,17-20,34,38H,2,4-7,9,11-12,14-16H2,1H3,(H,36,37)/b26-17+,27-3+. The van der Waals surface area contributed by atoms with Crippen LogP contribution in [0.2, 0.25) is 0 Å². The lowest BCUT2D eigenvalue weighted by molar-refractivity contribution is 0.334. The molecule has 8 heteroatoms. The molecule has 0 saturated carbocycles. The van der Waals surface area contributed by atoms with E-state index in [-0.39, 0.29) is 5.82 Å². The fourth-order valence-electron chi connectivity index (χ4n) is 5.80. The van der Waals surface area contributed by atoms with Gasteiger partial charge in [-0.2, -0.15) is 5.10 Å². The first-order valence-electron chi connectivity index (χ1n) is 14.3. The van der Waals surface area contributed by atoms with Gasteiger partial charge in [-0.05, 0) is 112 Å². The molecule has 6 rings (SSSR count). The number of aromatic nitrogens is 5. The summed E-state index contributed by atoms with van der Waals surface area (Å²) in [5.74, 6) is 0.385. The zero-order chi connectivity index (χ0) is 27.5. The Morgan fingerprint density at radius 2 is 2.05 bits per heavy atom. The number of benzene rings is 1. The number of H-pyrrole nitrogens is 2. The summed E-state index contributed by atoms with van der Waals surface area (Å²) < 4.78 is 14.8. The molecule has 2 aliphatic heterocycles. The molecule has 0 unspecified atom stereocenters. The molecule has 206 valence electrons. The number of nitrogens with one attached hydrogen (secondary N) is 3. The smallest absolute Gasteiger partial charge is 0.159 e. The van der Waals surface area contributed by atoms with Gasteiger partial charge in [-0.15, -0.1) is 0 Å². The van der Waals surface area contributed by atoms with E-state index in [0.717, 1.165) is 71.7 Å². The summed E-state index contributed by atoms with van der Waals surface area (Å²) in [7, 11) is 0. The first kappa shape index (κ1) is 26.3. The summed E-state index contributed by atoms with van der Waals surface area (Å²) in [5, 5.41) is 12.9. The summed E-state index contributed by atoms with van der Waals surface area (Å²) in [4.78, 5) is 15.5. The predicted molar refractivity (Wildman–Crippen MR) is 159 cm³/mol. The van der Waals surface area contributed by atoms with E-state index in [1.807, 2.05) is 19.1 Å². The number of fused-ring (bicyclic) bond motifs is 1. The van der Waals surface area contributed by atoms with Crippen molar-refractivity contribution in [2.24, 2.45) is 0 Å². The zero-order valence-corrected chi connectivity index (χ0v) is 23.1. The van der Waals surface area contributed by atoms with Gasteiger partial charge in [-0.25, -0.2) is 9.37 Å². The van der Waals surface area contributed by atoms with Crippen LogP contribution in [-0.2, 0) is 6.42 Å². The number of aromatic amines is 2. The number of pyridine rings is 1. The van der Waals surface area contributed by atoms with Crippen LogP contribution in [0.15, 0.2) is 54.3 Å². The molecular formula is C32H36FN7. The van der Waals surface area contributed by atoms with Crippen LogP contribution in [0.3, 0.4) is 0 Å². The molecule has 1 saturated heterocycles. The minimum atomic E-state index is -0.249. The van der Waals surface area contributed by atoms with Gasteiger partial charge in [0.2, 0.25) is 0 Å². The first-order valence-corrected chi connectivity index (χ1v) is 14.3. The minimum Gasteiger partial charge on any atom is -0.336 e. The number of hydrogen-bond donors (Lipinski definition) is 3. The van der Waals surface area contributed by atoms with Gasteiger partial charge >= 0.3 is 0 Å². The highest BCUT2D eigenvalue weighted by Gasteiger charge is 2.17. The van der Waals surface area contributed by atoms with Gasteiger partial charge in [0.05, 0.1) is 16.6 Å². The van der Waals surface area contributed by atoms with Gasteiger partial charge in [0.25, 0.3) is 0 Å². The van der Waals surface area contributed by atoms with Crippen molar-refractivity contribution in [2.45, 2.75) is 39.0 Å². The maximum absolute atomic E-state index is 14.8. The lowest BCUT2D eigenvalue weighted by Gasteiger charge is -2.14. The Balaban J connectivity index is 1.34. The third kappa shape index (κ3) is 5.55. The maximum Gasteiger partial charge on any atom is 0.159 e. The van der Waals surface area contributed by atoms with E-state index in [4.69, 9.17) is 4.98 Å². The van der Waals surface area contributed by atoms with Crippen molar-refractivity contribution in [3.8, 4) is 22.8 Å². The maximum atomic E-state index is 14.8. The van der Waals surface area contributed by atoms with Crippen LogP contribution in [0.1, 0.15) is 38.2 Å². The van der Waals surface area contributed by atoms with Crippen LogP contribution in [0.4, 0.5) is 4.39 Å². The van der Waals surface area contributed by atoms with Crippen molar-refractivity contribution >= 4 is 23.2 Å². The summed E-state index contributed by atoms with van der Waals surface area (Å²) in [6.07, 6.45) is 13.4. The van der Waals surface area contributed by atoms with Gasteiger partial charge in [0.1, 0.15) is 17.0 Å². The molecule has 3 N–H and O–H groups in total. The quantitative estimate of drug-likeness (QED) is 0.313. The van der Waals surface area contributed by atoms with Crippen molar-refractivity contribution in [3.05, 3.63) is 76.2 Å². The van der Waals surface area contributed by atoms with Crippen LogP contribution < -0.4 is 15.9 Å². The van der Waals surface area contributed by atoms with E-state index in [2.05, 4.69) is 55.2 Å². The van der Waals surface area contributed by atoms with E-state index >= 15 is 0 Å². The molecule has 0 spiro atoms. The molecule has 40 heavy (non-hydrogen) atoms. The van der Waals surface area contributed by atoms with Gasteiger partial charge in [-0.1, -0.05) is 18.7 Å². The van der Waals surface area contributed by atoms with Crippen molar-refractivity contribution in [3.63, 3.8) is 0 Å². The Bertz CT molecular complexity index is 1690. The Labute approximate surface area is 233 Å². The van der Waals surface area contributed by atoms with Gasteiger partial charge in [-0.3, -0.25) is 10.1 Å². The molecule has 1 fully saturated rings. The summed E-state index contributed by atoms with van der Waals surface area (Å²) in [6, 6.07) is 7.14. The molecule has 1 aromatic carbocycles. The largest absolute Gasteiger partial charge is 0.336 e. The SMILES string of the molecule is C=C(/C=c1/c(-c2nc3c(-c4cc(F)cc(CCCN5CCCC5)c4)nccc3[nH]2)n[nH]/c1=C/C)C1=CCNCC1. The number of allylic oxidation sites excluding steroid dienone is 1. The molecule has 5 heterocycles. The van der Waals surface area contributed by atoms with Crippen LogP contribution in [0.5, 0.6) is 0 Å². The molecule has 2 aliphatic rings. The second-order valence-electron chi connectivity index (χ2n) is 10.7. The molecule has 0 bridgehead atoms. The first-order chi connectivity index (χ1) is 19.6.